The second-order valence-electron chi connectivity index (χ2n) is 4.52. The standard InChI is InChI=1S/C12H23N3O/c1-10(2)12-14-6-8-15(12)7-4-5-13-11(3)9-16/h6,8,10-11,13,16H,4-5,7,9H2,1-3H3/t11-/m0/s1. The van der Waals surface area contributed by atoms with Crippen LogP contribution in [0.1, 0.15) is 38.9 Å². The molecule has 4 nitrogen and oxygen atoms in total. The minimum Gasteiger partial charge on any atom is -0.395 e. The minimum absolute atomic E-state index is 0.187. The van der Waals surface area contributed by atoms with Gasteiger partial charge in [0.05, 0.1) is 6.61 Å². The number of nitrogens with one attached hydrogen (secondary N) is 1. The maximum atomic E-state index is 8.86. The number of rotatable bonds is 7. The number of aliphatic hydroxyl groups is 1. The van der Waals surface area contributed by atoms with Gasteiger partial charge in [-0.2, -0.15) is 0 Å². The molecule has 1 aromatic rings. The van der Waals surface area contributed by atoms with Crippen LogP contribution in [-0.4, -0.2) is 33.9 Å². The molecule has 16 heavy (non-hydrogen) atoms. The van der Waals surface area contributed by atoms with E-state index in [2.05, 4.69) is 28.7 Å². The van der Waals surface area contributed by atoms with Crippen molar-refractivity contribution < 1.29 is 5.11 Å². The van der Waals surface area contributed by atoms with Crippen LogP contribution in [0.5, 0.6) is 0 Å². The predicted molar refractivity (Wildman–Crippen MR) is 65.5 cm³/mol. The molecule has 0 amide bonds. The van der Waals surface area contributed by atoms with Crippen LogP contribution in [0.4, 0.5) is 0 Å². The van der Waals surface area contributed by atoms with E-state index in [0.29, 0.717) is 5.92 Å². The van der Waals surface area contributed by atoms with Crippen molar-refractivity contribution in [1.82, 2.24) is 14.9 Å². The van der Waals surface area contributed by atoms with E-state index in [0.717, 1.165) is 25.3 Å². The highest BCUT2D eigenvalue weighted by Gasteiger charge is 2.06. The van der Waals surface area contributed by atoms with E-state index >= 15 is 0 Å². The first-order chi connectivity index (χ1) is 7.65. The average Bonchev–Trinajstić information content (AvgIpc) is 2.72. The molecule has 0 aromatic carbocycles. The Bertz CT molecular complexity index is 296. The number of hydrogen-bond donors (Lipinski definition) is 2. The van der Waals surface area contributed by atoms with Crippen LogP contribution in [0.15, 0.2) is 12.4 Å². The van der Waals surface area contributed by atoms with Crippen molar-refractivity contribution in [1.29, 1.82) is 0 Å². The zero-order valence-electron chi connectivity index (χ0n) is 10.5. The Morgan fingerprint density at radius 2 is 2.19 bits per heavy atom. The second-order valence-corrected chi connectivity index (χ2v) is 4.52. The van der Waals surface area contributed by atoms with Gasteiger partial charge in [0.2, 0.25) is 0 Å². The predicted octanol–water partition coefficient (Wildman–Crippen LogP) is 1.37. The number of aliphatic hydroxyl groups excluding tert-OH is 1. The molecule has 1 rings (SSSR count). The summed E-state index contributed by atoms with van der Waals surface area (Å²) >= 11 is 0. The third-order valence-corrected chi connectivity index (χ3v) is 2.61. The summed E-state index contributed by atoms with van der Waals surface area (Å²) in [6.07, 6.45) is 4.95. The van der Waals surface area contributed by atoms with Gasteiger partial charge in [-0.1, -0.05) is 13.8 Å². The summed E-state index contributed by atoms with van der Waals surface area (Å²) in [7, 11) is 0. The number of aryl methyl sites for hydroxylation is 1. The number of hydrogen-bond acceptors (Lipinski definition) is 3. The normalized spacial score (nSPS) is 13.3. The van der Waals surface area contributed by atoms with Gasteiger partial charge in [0.25, 0.3) is 0 Å². The van der Waals surface area contributed by atoms with Crippen molar-refractivity contribution in [3.8, 4) is 0 Å². The second kappa shape index (κ2) is 6.66. The molecule has 2 N–H and O–H groups in total. The first-order valence-corrected chi connectivity index (χ1v) is 6.00. The van der Waals surface area contributed by atoms with E-state index in [9.17, 15) is 0 Å². The first-order valence-electron chi connectivity index (χ1n) is 6.00. The maximum absolute atomic E-state index is 8.86. The van der Waals surface area contributed by atoms with E-state index < -0.39 is 0 Å². The fourth-order valence-corrected chi connectivity index (χ4v) is 1.67. The molecule has 0 radical (unpaired) electrons. The van der Waals surface area contributed by atoms with Crippen LogP contribution in [0, 0.1) is 0 Å². The summed E-state index contributed by atoms with van der Waals surface area (Å²) in [4.78, 5) is 4.35. The van der Waals surface area contributed by atoms with Crippen molar-refractivity contribution in [2.24, 2.45) is 0 Å². The van der Waals surface area contributed by atoms with Crippen molar-refractivity contribution >= 4 is 0 Å². The average molecular weight is 225 g/mol. The Morgan fingerprint density at radius 1 is 1.44 bits per heavy atom. The lowest BCUT2D eigenvalue weighted by atomic mass is 10.2. The SMILES string of the molecule is CC(C)c1nccn1CCCN[C@@H](C)CO. The minimum atomic E-state index is 0.187. The fraction of sp³-hybridized carbons (Fsp3) is 0.750. The molecule has 92 valence electrons. The van der Waals surface area contributed by atoms with Gasteiger partial charge in [0.15, 0.2) is 0 Å². The third kappa shape index (κ3) is 3.94. The number of imidazole rings is 1. The molecule has 1 atom stereocenters. The molecule has 0 bridgehead atoms. The summed E-state index contributed by atoms with van der Waals surface area (Å²) in [5.74, 6) is 1.62. The molecule has 0 aliphatic heterocycles. The Kier molecular flexibility index (Phi) is 5.49. The zero-order chi connectivity index (χ0) is 12.0. The topological polar surface area (TPSA) is 50.1 Å². The van der Waals surface area contributed by atoms with E-state index in [-0.39, 0.29) is 12.6 Å². The molecule has 1 aromatic heterocycles. The van der Waals surface area contributed by atoms with Crippen LogP contribution < -0.4 is 5.32 Å². The van der Waals surface area contributed by atoms with E-state index in [1.165, 1.54) is 0 Å². The molecular weight excluding hydrogens is 202 g/mol. The molecule has 0 fully saturated rings. The summed E-state index contributed by atoms with van der Waals surface area (Å²) < 4.78 is 2.20. The van der Waals surface area contributed by atoms with Crippen LogP contribution in [-0.2, 0) is 6.54 Å². The molecule has 0 saturated carbocycles. The Morgan fingerprint density at radius 3 is 2.81 bits per heavy atom. The highest BCUT2D eigenvalue weighted by atomic mass is 16.3. The van der Waals surface area contributed by atoms with Crippen molar-refractivity contribution in [3.63, 3.8) is 0 Å². The lowest BCUT2D eigenvalue weighted by Crippen LogP contribution is -2.30. The quantitative estimate of drug-likeness (QED) is 0.689. The zero-order valence-corrected chi connectivity index (χ0v) is 10.5. The Labute approximate surface area is 97.7 Å². The van der Waals surface area contributed by atoms with Gasteiger partial charge in [0.1, 0.15) is 5.82 Å². The summed E-state index contributed by atoms with van der Waals surface area (Å²) in [5.41, 5.74) is 0. The Balaban J connectivity index is 2.29. The molecule has 0 spiro atoms. The molecule has 0 saturated heterocycles. The van der Waals surface area contributed by atoms with Crippen molar-refractivity contribution in [2.45, 2.75) is 45.7 Å². The van der Waals surface area contributed by atoms with Crippen LogP contribution >= 0.6 is 0 Å². The van der Waals surface area contributed by atoms with Gasteiger partial charge < -0.3 is 15.0 Å². The molecule has 0 unspecified atom stereocenters. The van der Waals surface area contributed by atoms with Crippen molar-refractivity contribution in [2.75, 3.05) is 13.2 Å². The van der Waals surface area contributed by atoms with Gasteiger partial charge in [-0.05, 0) is 19.9 Å². The highest BCUT2D eigenvalue weighted by Crippen LogP contribution is 2.11. The van der Waals surface area contributed by atoms with Gasteiger partial charge in [0, 0.05) is 30.9 Å². The van der Waals surface area contributed by atoms with Gasteiger partial charge in [-0.3, -0.25) is 0 Å². The van der Waals surface area contributed by atoms with Crippen LogP contribution in [0.3, 0.4) is 0 Å². The lowest BCUT2D eigenvalue weighted by molar-refractivity contribution is 0.251. The fourth-order valence-electron chi connectivity index (χ4n) is 1.67. The molecule has 0 aliphatic rings. The van der Waals surface area contributed by atoms with E-state index in [1.54, 1.807) is 0 Å². The molecule has 0 aliphatic carbocycles. The monoisotopic (exact) mass is 225 g/mol. The maximum Gasteiger partial charge on any atom is 0.111 e. The third-order valence-electron chi connectivity index (χ3n) is 2.61. The molecular formula is C12H23N3O. The van der Waals surface area contributed by atoms with Gasteiger partial charge in [-0.15, -0.1) is 0 Å². The summed E-state index contributed by atoms with van der Waals surface area (Å²) in [6.45, 7) is 8.41. The van der Waals surface area contributed by atoms with E-state index in [1.807, 2.05) is 19.3 Å². The van der Waals surface area contributed by atoms with Gasteiger partial charge in [-0.25, -0.2) is 4.98 Å². The summed E-state index contributed by atoms with van der Waals surface area (Å²) in [5, 5.41) is 12.1. The lowest BCUT2D eigenvalue weighted by Gasteiger charge is -2.12. The first kappa shape index (κ1) is 13.2. The van der Waals surface area contributed by atoms with Gasteiger partial charge >= 0.3 is 0 Å². The van der Waals surface area contributed by atoms with Crippen molar-refractivity contribution in [3.05, 3.63) is 18.2 Å². The van der Waals surface area contributed by atoms with E-state index in [4.69, 9.17) is 5.11 Å². The van der Waals surface area contributed by atoms with Crippen LogP contribution in [0.25, 0.3) is 0 Å². The number of nitrogens with zero attached hydrogens (tertiary/aromatic N) is 2. The summed E-state index contributed by atoms with van der Waals surface area (Å²) in [6, 6.07) is 0.187. The molecule has 1 heterocycles. The number of aromatic nitrogens is 2. The smallest absolute Gasteiger partial charge is 0.111 e. The highest BCUT2D eigenvalue weighted by molar-refractivity contribution is 4.97. The van der Waals surface area contributed by atoms with Crippen LogP contribution in [0.2, 0.25) is 0 Å². The largest absolute Gasteiger partial charge is 0.395 e. The molecule has 4 heteroatoms. The Hall–Kier alpha value is -0.870.